The van der Waals surface area contributed by atoms with Crippen LogP contribution in [0.5, 0.6) is 5.75 Å². The quantitative estimate of drug-likeness (QED) is 0.252. The van der Waals surface area contributed by atoms with Crippen molar-refractivity contribution in [2.45, 2.75) is 114 Å². The van der Waals surface area contributed by atoms with Gasteiger partial charge < -0.3 is 28.2 Å². The minimum Gasteiger partial charge on any atom is -0.405 e. The predicted octanol–water partition coefficient (Wildman–Crippen LogP) is 7.13. The molecule has 0 spiro atoms. The van der Waals surface area contributed by atoms with E-state index in [0.717, 1.165) is 49.6 Å². The molecule has 1 saturated carbocycles. The summed E-state index contributed by atoms with van der Waals surface area (Å²) in [5, 5.41) is 4.22. The van der Waals surface area contributed by atoms with Gasteiger partial charge in [-0.15, -0.1) is 13.2 Å². The Kier molecular flexibility index (Phi) is 7.29. The Morgan fingerprint density at radius 2 is 1.55 bits per heavy atom. The molecule has 3 saturated heterocycles. The second-order valence-corrected chi connectivity index (χ2v) is 13.6. The highest BCUT2D eigenvalue weighted by atomic mass is 19.4. The fourth-order valence-corrected chi connectivity index (χ4v) is 6.88. The number of ether oxygens (including phenoxy) is 2. The molecule has 0 amide bonds. The number of hydrogen-bond donors (Lipinski definition) is 0. The van der Waals surface area contributed by atoms with Crippen LogP contribution in [0.25, 0.3) is 11.3 Å². The van der Waals surface area contributed by atoms with E-state index >= 15 is 0 Å². The molecule has 2 atom stereocenters. The second-order valence-electron chi connectivity index (χ2n) is 13.6. The van der Waals surface area contributed by atoms with Gasteiger partial charge in [0, 0.05) is 34.8 Å². The van der Waals surface area contributed by atoms with Crippen LogP contribution in [0.15, 0.2) is 53.1 Å². The summed E-state index contributed by atoms with van der Waals surface area (Å²) in [6.07, 6.45) is 1.11. The van der Waals surface area contributed by atoms with Gasteiger partial charge in [-0.2, -0.15) is 0 Å². The fraction of sp³-hybridized carbons (Fsp3) is 0.545. The monoisotopic (exact) mass is 610 g/mol. The van der Waals surface area contributed by atoms with Crippen LogP contribution in [0.3, 0.4) is 0 Å². The van der Waals surface area contributed by atoms with Gasteiger partial charge in [0.1, 0.15) is 17.2 Å². The van der Waals surface area contributed by atoms with Gasteiger partial charge in [-0.1, -0.05) is 29.4 Å². The molecule has 1 aliphatic carbocycles. The topological polar surface area (TPSA) is 66.2 Å². The smallest absolute Gasteiger partial charge is 0.405 e. The van der Waals surface area contributed by atoms with Crippen LogP contribution in [-0.4, -0.2) is 48.0 Å². The summed E-state index contributed by atoms with van der Waals surface area (Å²) in [6, 6.07) is 15.3. The molecule has 7 rings (SSSR count). The Hall–Kier alpha value is -3.02. The van der Waals surface area contributed by atoms with Crippen molar-refractivity contribution in [3.8, 4) is 17.0 Å². The van der Waals surface area contributed by atoms with Gasteiger partial charge in [-0.05, 0) is 95.9 Å². The van der Waals surface area contributed by atoms with Crippen molar-refractivity contribution in [1.82, 2.24) is 5.16 Å². The van der Waals surface area contributed by atoms with E-state index in [9.17, 15) is 13.2 Å². The minimum absolute atomic E-state index is 0.0317. The van der Waals surface area contributed by atoms with E-state index in [1.54, 1.807) is 12.1 Å². The first-order valence-corrected chi connectivity index (χ1v) is 15.6. The summed E-state index contributed by atoms with van der Waals surface area (Å²) in [6.45, 7) is 8.47. The zero-order valence-electron chi connectivity index (χ0n) is 25.5. The first kappa shape index (κ1) is 29.7. The minimum atomic E-state index is -4.81. The maximum absolute atomic E-state index is 13.1. The van der Waals surface area contributed by atoms with Gasteiger partial charge in [0.25, 0.3) is 0 Å². The Balaban J connectivity index is 1.04. The van der Waals surface area contributed by atoms with Gasteiger partial charge >= 0.3 is 13.5 Å². The Morgan fingerprint density at radius 1 is 0.909 bits per heavy atom. The molecule has 0 N–H and O–H groups in total. The lowest BCUT2D eigenvalue weighted by molar-refractivity contribution is -0.274. The third-order valence-electron chi connectivity index (χ3n) is 10.0. The molecule has 2 aromatic carbocycles. The molecule has 44 heavy (non-hydrogen) atoms. The third-order valence-corrected chi connectivity index (χ3v) is 10.0. The highest BCUT2D eigenvalue weighted by Crippen LogP contribution is 2.47. The van der Waals surface area contributed by atoms with Crippen LogP contribution in [0.4, 0.5) is 18.9 Å². The van der Waals surface area contributed by atoms with E-state index in [0.29, 0.717) is 23.5 Å². The van der Waals surface area contributed by atoms with E-state index in [1.165, 1.54) is 17.8 Å². The Labute approximate surface area is 256 Å². The maximum Gasteiger partial charge on any atom is 0.573 e. The molecule has 0 radical (unpaired) electrons. The zero-order chi connectivity index (χ0) is 30.9. The number of halogens is 3. The number of alkyl halides is 3. The largest absolute Gasteiger partial charge is 0.573 e. The molecule has 4 fully saturated rings. The lowest BCUT2D eigenvalue weighted by Gasteiger charge is -2.40. The lowest BCUT2D eigenvalue weighted by Crippen LogP contribution is -2.45. The zero-order valence-corrected chi connectivity index (χ0v) is 25.5. The lowest BCUT2D eigenvalue weighted by atomic mass is 9.79. The second kappa shape index (κ2) is 10.8. The first-order chi connectivity index (χ1) is 20.9. The molecule has 4 aliphatic rings. The molecule has 234 valence electrons. The van der Waals surface area contributed by atoms with E-state index in [-0.39, 0.29) is 48.3 Å². The maximum atomic E-state index is 13.1. The summed E-state index contributed by atoms with van der Waals surface area (Å²) in [5.41, 5.74) is 2.76. The number of nitrogens with zero attached hydrogens (tertiary/aromatic N) is 2. The number of piperidine rings is 1. The van der Waals surface area contributed by atoms with Crippen molar-refractivity contribution in [2.75, 3.05) is 4.90 Å². The van der Waals surface area contributed by atoms with Crippen molar-refractivity contribution >= 4 is 18.3 Å². The van der Waals surface area contributed by atoms with Gasteiger partial charge in [-0.25, -0.2) is 0 Å². The van der Waals surface area contributed by atoms with Crippen LogP contribution in [0.2, 0.25) is 0 Å². The van der Waals surface area contributed by atoms with Crippen LogP contribution < -0.4 is 15.1 Å². The van der Waals surface area contributed by atoms with Gasteiger partial charge in [-0.3, -0.25) is 0 Å². The van der Waals surface area contributed by atoms with Crippen molar-refractivity contribution in [1.29, 1.82) is 0 Å². The number of benzene rings is 2. The van der Waals surface area contributed by atoms with Gasteiger partial charge in [0.05, 0.1) is 23.9 Å². The normalized spacial score (nSPS) is 25.9. The summed E-state index contributed by atoms with van der Waals surface area (Å²) in [7, 11) is -0.389. The Morgan fingerprint density at radius 3 is 2.16 bits per heavy atom. The molecule has 2 bridgehead atoms. The molecule has 3 aliphatic heterocycles. The van der Waals surface area contributed by atoms with Crippen molar-refractivity contribution in [3.63, 3.8) is 0 Å². The molecule has 3 aromatic rings. The van der Waals surface area contributed by atoms with Crippen LogP contribution in [0.1, 0.15) is 83.5 Å². The fourth-order valence-electron chi connectivity index (χ4n) is 6.88. The molecular formula is C33H38BF3N2O5. The van der Waals surface area contributed by atoms with Crippen LogP contribution >= 0.6 is 0 Å². The van der Waals surface area contributed by atoms with Gasteiger partial charge in [0.15, 0.2) is 0 Å². The van der Waals surface area contributed by atoms with Crippen molar-refractivity contribution in [2.24, 2.45) is 0 Å². The molecule has 7 nitrogen and oxygen atoms in total. The van der Waals surface area contributed by atoms with Crippen LogP contribution in [0, 0.1) is 0 Å². The number of rotatable bonds is 8. The van der Waals surface area contributed by atoms with Crippen molar-refractivity contribution in [3.05, 3.63) is 59.9 Å². The summed E-state index contributed by atoms with van der Waals surface area (Å²) < 4.78 is 68.4. The summed E-state index contributed by atoms with van der Waals surface area (Å²) in [4.78, 5) is 2.53. The van der Waals surface area contributed by atoms with Crippen LogP contribution in [-0.2, 0) is 20.7 Å². The van der Waals surface area contributed by atoms with E-state index in [2.05, 4.69) is 66.8 Å². The SMILES string of the molecule is CC1(C)OB(c2ccc(N3C4CCC3CC(OCc3c(-c5ccccc5OC(F)(F)F)noc3C3CC3)C4)cc2)OC1(C)C. The average Bonchev–Trinajstić information content (AvgIpc) is 3.60. The van der Waals surface area contributed by atoms with E-state index in [1.807, 2.05) is 0 Å². The number of fused-ring (bicyclic) bond motifs is 2. The van der Waals surface area contributed by atoms with E-state index < -0.39 is 6.36 Å². The molecule has 11 heteroatoms. The van der Waals surface area contributed by atoms with Gasteiger partial charge in [0.2, 0.25) is 0 Å². The molecular weight excluding hydrogens is 572 g/mol. The highest BCUT2D eigenvalue weighted by molar-refractivity contribution is 6.62. The summed E-state index contributed by atoms with van der Waals surface area (Å²) in [5.74, 6) is 0.640. The number of anilines is 1. The van der Waals surface area contributed by atoms with Crippen molar-refractivity contribution < 1.29 is 36.5 Å². The number of aromatic nitrogens is 1. The summed E-state index contributed by atoms with van der Waals surface area (Å²) >= 11 is 0. The highest BCUT2D eigenvalue weighted by Gasteiger charge is 2.52. The predicted molar refractivity (Wildman–Crippen MR) is 160 cm³/mol. The molecule has 4 heterocycles. The Bertz CT molecular complexity index is 1470. The molecule has 1 aromatic heterocycles. The average molecular weight is 610 g/mol. The number of hydrogen-bond acceptors (Lipinski definition) is 7. The first-order valence-electron chi connectivity index (χ1n) is 15.6. The standard InChI is InChI=1S/C33H38BF3N2O5/c1-31(2)32(3,4)44-34(43-31)21-11-13-22(14-12-21)39-23-15-16-24(39)18-25(17-23)40-19-27-29(38-42-30(27)20-9-10-20)26-7-5-6-8-28(26)41-33(35,36)37/h5-8,11-14,20,23-25H,9-10,15-19H2,1-4H3. The third kappa shape index (κ3) is 5.63. The number of para-hydroxylation sites is 1. The molecule has 2 unspecified atom stereocenters. The van der Waals surface area contributed by atoms with E-state index in [4.69, 9.17) is 18.6 Å².